The molecule has 230 valence electrons. The number of hydrazone groups is 1. The van der Waals surface area contributed by atoms with E-state index < -0.39 is 34.6 Å². The Hall–Kier alpha value is -4.25. The van der Waals surface area contributed by atoms with Crippen LogP contribution in [0.1, 0.15) is 52.2 Å². The first-order chi connectivity index (χ1) is 20.3. The van der Waals surface area contributed by atoms with E-state index in [0.717, 1.165) is 11.1 Å². The lowest BCUT2D eigenvalue weighted by atomic mass is 9.73. The highest BCUT2D eigenvalue weighted by Gasteiger charge is 2.52. The van der Waals surface area contributed by atoms with Gasteiger partial charge in [0.2, 0.25) is 11.8 Å². The van der Waals surface area contributed by atoms with Crippen LogP contribution in [0.25, 0.3) is 0 Å². The van der Waals surface area contributed by atoms with Crippen molar-refractivity contribution in [2.45, 2.75) is 71.2 Å². The van der Waals surface area contributed by atoms with Gasteiger partial charge in [0.05, 0.1) is 18.9 Å². The van der Waals surface area contributed by atoms with Crippen molar-refractivity contribution in [3.8, 4) is 0 Å². The molecule has 11 heteroatoms. The van der Waals surface area contributed by atoms with Gasteiger partial charge in [-0.2, -0.15) is 5.10 Å². The lowest BCUT2D eigenvalue weighted by Gasteiger charge is -2.40. The number of fused-ring (bicyclic) bond motifs is 1. The number of piperidine rings is 1. The molecule has 2 aliphatic rings. The molecule has 4 rings (SSSR count). The molecule has 3 N–H and O–H groups in total. The maximum absolute atomic E-state index is 14.1. The number of carbonyl (C=O) groups excluding carboxylic acids is 4. The number of hydrogen-bond acceptors (Lipinski definition) is 7. The highest BCUT2D eigenvalue weighted by molar-refractivity contribution is 6.13. The molecule has 43 heavy (non-hydrogen) atoms. The summed E-state index contributed by atoms with van der Waals surface area (Å²) in [5.74, 6) is -1.23. The topological polar surface area (TPSA) is 138 Å². The Morgan fingerprint density at radius 2 is 1.63 bits per heavy atom. The minimum absolute atomic E-state index is 0.107. The molecule has 1 fully saturated rings. The number of alkyl carbamates (subject to hydrolysis) is 1. The normalized spacial score (nSPS) is 19.0. The SMILES string of the molecule is CC(C)(C)OC(=O)NC(C)(C)C(=O)N[C@H](COCc1ccccc1)C(=O)N1CCC2=NNC(=O)[C@@]2(Cc2ccccc2)C1. The molecule has 0 spiro atoms. The smallest absolute Gasteiger partial charge is 0.408 e. The molecule has 2 aromatic carbocycles. The number of rotatable bonds is 10. The average molecular weight is 592 g/mol. The molecule has 0 radical (unpaired) electrons. The predicted molar refractivity (Wildman–Crippen MR) is 161 cm³/mol. The van der Waals surface area contributed by atoms with E-state index in [-0.39, 0.29) is 31.6 Å². The molecule has 1 saturated heterocycles. The van der Waals surface area contributed by atoms with Gasteiger partial charge in [-0.1, -0.05) is 60.7 Å². The summed E-state index contributed by atoms with van der Waals surface area (Å²) < 4.78 is 11.2. The number of benzene rings is 2. The fourth-order valence-corrected chi connectivity index (χ4v) is 5.16. The maximum atomic E-state index is 14.1. The number of ether oxygens (including phenoxy) is 2. The lowest BCUT2D eigenvalue weighted by Crippen LogP contribution is -2.63. The zero-order chi connectivity index (χ0) is 31.3. The van der Waals surface area contributed by atoms with Gasteiger partial charge in [-0.05, 0) is 52.2 Å². The summed E-state index contributed by atoms with van der Waals surface area (Å²) in [4.78, 5) is 54.7. The van der Waals surface area contributed by atoms with Crippen molar-refractivity contribution >= 4 is 29.5 Å². The third-order valence-corrected chi connectivity index (χ3v) is 7.40. The van der Waals surface area contributed by atoms with Crippen molar-refractivity contribution in [2.75, 3.05) is 19.7 Å². The van der Waals surface area contributed by atoms with Gasteiger partial charge in [-0.3, -0.25) is 14.4 Å². The predicted octanol–water partition coefficient (Wildman–Crippen LogP) is 2.94. The molecule has 0 unspecified atom stereocenters. The van der Waals surface area contributed by atoms with Gasteiger partial charge in [-0.15, -0.1) is 0 Å². The van der Waals surface area contributed by atoms with Gasteiger partial charge >= 0.3 is 6.09 Å². The molecule has 0 bridgehead atoms. The summed E-state index contributed by atoms with van der Waals surface area (Å²) in [7, 11) is 0. The van der Waals surface area contributed by atoms with Crippen LogP contribution in [0, 0.1) is 5.41 Å². The first kappa shape index (κ1) is 31.7. The minimum Gasteiger partial charge on any atom is -0.444 e. The monoisotopic (exact) mass is 591 g/mol. The van der Waals surface area contributed by atoms with E-state index >= 15 is 0 Å². The lowest BCUT2D eigenvalue weighted by molar-refractivity contribution is -0.142. The Morgan fingerprint density at radius 1 is 1.00 bits per heavy atom. The number of likely N-dealkylation sites (tertiary alicyclic amines) is 1. The Balaban J connectivity index is 1.52. The highest BCUT2D eigenvalue weighted by atomic mass is 16.6. The number of nitrogens with one attached hydrogen (secondary N) is 3. The highest BCUT2D eigenvalue weighted by Crippen LogP contribution is 2.35. The van der Waals surface area contributed by atoms with E-state index in [1.165, 1.54) is 13.8 Å². The fraction of sp³-hybridized carbons (Fsp3) is 0.469. The van der Waals surface area contributed by atoms with Crippen molar-refractivity contribution in [2.24, 2.45) is 10.5 Å². The standard InChI is InChI=1S/C32H41N5O6/c1-30(2,3)43-29(41)34-31(4,5)27(39)33-24(20-42-19-23-14-10-7-11-15-23)26(38)37-17-16-25-32(21-37,28(40)36-35-25)18-22-12-8-6-9-13-22/h6-15,24H,16-21H2,1-5H3,(H,33,39)(H,34,41)(H,36,40)/t24-,32+/m1/s1. The molecule has 2 aliphatic heterocycles. The van der Waals surface area contributed by atoms with Gasteiger partial charge in [0, 0.05) is 19.5 Å². The second-order valence-electron chi connectivity index (χ2n) is 12.5. The molecule has 2 atom stereocenters. The van der Waals surface area contributed by atoms with Crippen LogP contribution in [-0.4, -0.2) is 71.3 Å². The summed E-state index contributed by atoms with van der Waals surface area (Å²) in [5, 5.41) is 9.66. The van der Waals surface area contributed by atoms with Gasteiger partial charge < -0.3 is 25.0 Å². The molecular weight excluding hydrogens is 550 g/mol. The molecule has 0 aromatic heterocycles. The van der Waals surface area contributed by atoms with Crippen LogP contribution in [0.4, 0.5) is 4.79 Å². The quantitative estimate of drug-likeness (QED) is 0.389. The van der Waals surface area contributed by atoms with Crippen LogP contribution >= 0.6 is 0 Å². The zero-order valence-electron chi connectivity index (χ0n) is 25.4. The molecule has 2 aromatic rings. The van der Waals surface area contributed by atoms with Crippen LogP contribution in [0.2, 0.25) is 0 Å². The molecule has 11 nitrogen and oxygen atoms in total. The molecule has 4 amide bonds. The van der Waals surface area contributed by atoms with E-state index in [0.29, 0.717) is 25.1 Å². The number of nitrogens with zero attached hydrogens (tertiary/aromatic N) is 2. The Morgan fingerprint density at radius 3 is 2.26 bits per heavy atom. The zero-order valence-corrected chi connectivity index (χ0v) is 25.4. The first-order valence-corrected chi connectivity index (χ1v) is 14.4. The van der Waals surface area contributed by atoms with Crippen LogP contribution in [0.5, 0.6) is 0 Å². The van der Waals surface area contributed by atoms with Crippen LogP contribution in [-0.2, 0) is 36.9 Å². The molecule has 2 heterocycles. The van der Waals surface area contributed by atoms with E-state index in [2.05, 4.69) is 21.2 Å². The average Bonchev–Trinajstić information content (AvgIpc) is 3.26. The largest absolute Gasteiger partial charge is 0.444 e. The van der Waals surface area contributed by atoms with E-state index in [1.807, 2.05) is 60.7 Å². The van der Waals surface area contributed by atoms with Crippen molar-refractivity contribution in [1.82, 2.24) is 21.0 Å². The Bertz CT molecular complexity index is 1360. The summed E-state index contributed by atoms with van der Waals surface area (Å²) >= 11 is 0. The van der Waals surface area contributed by atoms with E-state index in [9.17, 15) is 19.2 Å². The minimum atomic E-state index is -1.40. The number of carbonyl (C=O) groups is 4. The Labute approximate surface area is 252 Å². The third-order valence-electron chi connectivity index (χ3n) is 7.40. The van der Waals surface area contributed by atoms with Crippen molar-refractivity contribution in [1.29, 1.82) is 0 Å². The fourth-order valence-electron chi connectivity index (χ4n) is 5.16. The summed E-state index contributed by atoms with van der Waals surface area (Å²) in [6.45, 7) is 8.78. The molecular formula is C32H41N5O6. The van der Waals surface area contributed by atoms with Gasteiger partial charge in [0.1, 0.15) is 22.6 Å². The third kappa shape index (κ3) is 7.98. The van der Waals surface area contributed by atoms with Gasteiger partial charge in [0.15, 0.2) is 0 Å². The van der Waals surface area contributed by atoms with Crippen LogP contribution in [0.3, 0.4) is 0 Å². The number of amides is 4. The van der Waals surface area contributed by atoms with Crippen LogP contribution in [0.15, 0.2) is 65.8 Å². The van der Waals surface area contributed by atoms with Crippen molar-refractivity contribution in [3.05, 3.63) is 71.8 Å². The van der Waals surface area contributed by atoms with Crippen LogP contribution < -0.4 is 16.1 Å². The second-order valence-corrected chi connectivity index (χ2v) is 12.5. The van der Waals surface area contributed by atoms with Gasteiger partial charge in [-0.25, -0.2) is 10.2 Å². The summed E-state index contributed by atoms with van der Waals surface area (Å²) in [6.07, 6.45) is 0.0411. The Kier molecular flexibility index (Phi) is 9.54. The first-order valence-electron chi connectivity index (χ1n) is 14.4. The number of hydrogen-bond donors (Lipinski definition) is 3. The summed E-state index contributed by atoms with van der Waals surface area (Å²) in [6, 6.07) is 18.0. The van der Waals surface area contributed by atoms with E-state index in [1.54, 1.807) is 25.7 Å². The van der Waals surface area contributed by atoms with Crippen molar-refractivity contribution < 1.29 is 28.7 Å². The van der Waals surface area contributed by atoms with E-state index in [4.69, 9.17) is 9.47 Å². The maximum Gasteiger partial charge on any atom is 0.408 e. The second kappa shape index (κ2) is 12.9. The molecule has 0 saturated carbocycles. The molecule has 0 aliphatic carbocycles. The van der Waals surface area contributed by atoms with Gasteiger partial charge in [0.25, 0.3) is 5.91 Å². The summed E-state index contributed by atoms with van der Waals surface area (Å²) in [5.41, 5.74) is 2.04. The van der Waals surface area contributed by atoms with Crippen molar-refractivity contribution in [3.63, 3.8) is 0 Å².